The molecule has 7 nitrogen and oxygen atoms in total. The maximum absolute atomic E-state index is 12.7. The fourth-order valence-electron chi connectivity index (χ4n) is 4.74. The fraction of sp³-hybridized carbons (Fsp3) is 0.571. The van der Waals surface area contributed by atoms with Gasteiger partial charge in [0.25, 0.3) is 5.91 Å². The summed E-state index contributed by atoms with van der Waals surface area (Å²) in [4.78, 5) is 39.4. The van der Waals surface area contributed by atoms with Crippen molar-refractivity contribution in [3.63, 3.8) is 0 Å². The van der Waals surface area contributed by atoms with Crippen LogP contribution in [-0.2, 0) is 9.59 Å². The summed E-state index contributed by atoms with van der Waals surface area (Å²) in [6.07, 6.45) is 5.02. The van der Waals surface area contributed by atoms with E-state index in [-0.39, 0.29) is 36.5 Å². The quantitative estimate of drug-likeness (QED) is 0.737. The number of fused-ring (bicyclic) bond motifs is 2. The van der Waals surface area contributed by atoms with Gasteiger partial charge in [0.1, 0.15) is 6.04 Å². The zero-order valence-corrected chi connectivity index (χ0v) is 15.9. The summed E-state index contributed by atoms with van der Waals surface area (Å²) in [6.45, 7) is 1.14. The smallest absolute Gasteiger partial charge is 0.254 e. The Hall–Kier alpha value is -2.41. The monoisotopic (exact) mass is 385 g/mol. The zero-order chi connectivity index (χ0) is 19.7. The highest BCUT2D eigenvalue weighted by atomic mass is 16.3. The number of likely N-dealkylation sites (tertiary alicyclic amines) is 1. The predicted octanol–water partition coefficient (Wildman–Crippen LogP) is 1.67. The van der Waals surface area contributed by atoms with Crippen LogP contribution in [0.2, 0.25) is 0 Å². The van der Waals surface area contributed by atoms with Gasteiger partial charge in [0.2, 0.25) is 11.8 Å². The highest BCUT2D eigenvalue weighted by Gasteiger charge is 2.43. The third-order valence-corrected chi connectivity index (χ3v) is 6.48. The molecular formula is C21H27N3O4. The lowest BCUT2D eigenvalue weighted by atomic mass is 9.71. The normalized spacial score (nSPS) is 29.8. The maximum Gasteiger partial charge on any atom is 0.254 e. The minimum absolute atomic E-state index is 0.0172. The van der Waals surface area contributed by atoms with Crippen LogP contribution in [0.1, 0.15) is 55.3 Å². The highest BCUT2D eigenvalue weighted by molar-refractivity contribution is 6.09. The fourth-order valence-corrected chi connectivity index (χ4v) is 4.74. The molecule has 0 spiro atoms. The van der Waals surface area contributed by atoms with Crippen molar-refractivity contribution in [3.8, 4) is 0 Å². The number of nitrogens with zero attached hydrogens (tertiary/aromatic N) is 1. The largest absolute Gasteiger partial charge is 0.389 e. The molecule has 1 saturated carbocycles. The number of rotatable bonds is 3. The average molecular weight is 385 g/mol. The molecule has 2 heterocycles. The molecule has 0 bridgehead atoms. The Bertz CT molecular complexity index is 796. The first-order chi connectivity index (χ1) is 13.5. The van der Waals surface area contributed by atoms with Gasteiger partial charge in [-0.1, -0.05) is 25.0 Å². The van der Waals surface area contributed by atoms with Gasteiger partial charge in [0.05, 0.1) is 16.9 Å². The lowest BCUT2D eigenvalue weighted by Gasteiger charge is -2.47. The zero-order valence-electron chi connectivity index (χ0n) is 15.9. The Morgan fingerprint density at radius 1 is 1.21 bits per heavy atom. The van der Waals surface area contributed by atoms with E-state index in [4.69, 9.17) is 0 Å². The van der Waals surface area contributed by atoms with E-state index >= 15 is 0 Å². The Kier molecular flexibility index (Phi) is 5.10. The van der Waals surface area contributed by atoms with Crippen molar-refractivity contribution in [2.24, 2.45) is 5.92 Å². The van der Waals surface area contributed by atoms with Crippen LogP contribution in [0.25, 0.3) is 0 Å². The summed E-state index contributed by atoms with van der Waals surface area (Å²) < 4.78 is 0. The van der Waals surface area contributed by atoms with Crippen LogP contribution >= 0.6 is 0 Å². The van der Waals surface area contributed by atoms with E-state index in [1.165, 1.54) is 0 Å². The number of hydrogen-bond acceptors (Lipinski definition) is 4. The number of para-hydroxylation sites is 1. The molecule has 0 aromatic heterocycles. The molecule has 150 valence electrons. The summed E-state index contributed by atoms with van der Waals surface area (Å²) in [5.74, 6) is -0.478. The van der Waals surface area contributed by atoms with Crippen molar-refractivity contribution < 1.29 is 19.5 Å². The summed E-state index contributed by atoms with van der Waals surface area (Å²) in [5.41, 5.74) is 0.305. The molecule has 0 radical (unpaired) electrons. The minimum atomic E-state index is -0.736. The molecule has 1 aliphatic carbocycles. The molecular weight excluding hydrogens is 358 g/mol. The van der Waals surface area contributed by atoms with Crippen LogP contribution < -0.4 is 10.6 Å². The highest BCUT2D eigenvalue weighted by Crippen LogP contribution is 2.39. The standard InChI is InChI=1S/C21H27N3O4/c25-18(24-12-11-21(28)10-4-3-5-14(21)13-24)9-8-17-20(27)22-16-7-2-1-6-15(16)19(26)23-17/h1-2,6-7,14,17,28H,3-5,8-13H2,(H,22,27)(H,23,26)/t14?,17-,21?/m0/s1. The van der Waals surface area contributed by atoms with Gasteiger partial charge in [-0.25, -0.2) is 0 Å². The Morgan fingerprint density at radius 2 is 2.04 bits per heavy atom. The van der Waals surface area contributed by atoms with E-state index in [0.29, 0.717) is 30.8 Å². The molecule has 28 heavy (non-hydrogen) atoms. The van der Waals surface area contributed by atoms with Crippen LogP contribution in [-0.4, -0.2) is 52.5 Å². The van der Waals surface area contributed by atoms with Crippen molar-refractivity contribution in [2.45, 2.75) is 56.6 Å². The molecule has 3 N–H and O–H groups in total. The van der Waals surface area contributed by atoms with Crippen LogP contribution in [0.4, 0.5) is 5.69 Å². The first-order valence-electron chi connectivity index (χ1n) is 10.2. The maximum atomic E-state index is 12.7. The first-order valence-corrected chi connectivity index (χ1v) is 10.2. The number of aliphatic hydroxyl groups is 1. The van der Waals surface area contributed by atoms with E-state index in [1.54, 1.807) is 24.3 Å². The summed E-state index contributed by atoms with van der Waals surface area (Å²) in [7, 11) is 0. The topological polar surface area (TPSA) is 98.7 Å². The van der Waals surface area contributed by atoms with Crippen molar-refractivity contribution in [3.05, 3.63) is 29.8 Å². The molecule has 2 aliphatic heterocycles. The van der Waals surface area contributed by atoms with Crippen molar-refractivity contribution in [1.29, 1.82) is 0 Å². The molecule has 2 fully saturated rings. The predicted molar refractivity (Wildman–Crippen MR) is 104 cm³/mol. The number of hydrogen-bond donors (Lipinski definition) is 3. The van der Waals surface area contributed by atoms with Gasteiger partial charge in [-0.3, -0.25) is 14.4 Å². The van der Waals surface area contributed by atoms with Gasteiger partial charge >= 0.3 is 0 Å². The van der Waals surface area contributed by atoms with E-state index < -0.39 is 11.6 Å². The molecule has 1 saturated heterocycles. The third kappa shape index (κ3) is 3.63. The van der Waals surface area contributed by atoms with Crippen LogP contribution in [0.15, 0.2) is 24.3 Å². The van der Waals surface area contributed by atoms with E-state index in [0.717, 1.165) is 25.7 Å². The Balaban J connectivity index is 1.35. The lowest BCUT2D eigenvalue weighted by Crippen LogP contribution is -2.54. The molecule has 1 aromatic rings. The van der Waals surface area contributed by atoms with E-state index in [1.807, 2.05) is 4.90 Å². The summed E-state index contributed by atoms with van der Waals surface area (Å²) in [5, 5.41) is 16.3. The van der Waals surface area contributed by atoms with Gasteiger partial charge < -0.3 is 20.6 Å². The number of anilines is 1. The molecule has 1 aromatic carbocycles. The second-order valence-corrected chi connectivity index (χ2v) is 8.24. The first kappa shape index (κ1) is 18.9. The number of carbonyl (C=O) groups excluding carboxylic acids is 3. The van der Waals surface area contributed by atoms with Crippen LogP contribution in [0.3, 0.4) is 0 Å². The van der Waals surface area contributed by atoms with E-state index in [2.05, 4.69) is 10.6 Å². The van der Waals surface area contributed by atoms with Crippen LogP contribution in [0, 0.1) is 5.92 Å². The molecule has 2 unspecified atom stereocenters. The van der Waals surface area contributed by atoms with Gasteiger partial charge in [0, 0.05) is 25.4 Å². The summed E-state index contributed by atoms with van der Waals surface area (Å²) in [6, 6.07) is 6.13. The lowest BCUT2D eigenvalue weighted by molar-refractivity contribution is -0.143. The Morgan fingerprint density at radius 3 is 2.89 bits per heavy atom. The molecule has 3 atom stereocenters. The third-order valence-electron chi connectivity index (χ3n) is 6.48. The number of nitrogens with one attached hydrogen (secondary N) is 2. The second-order valence-electron chi connectivity index (χ2n) is 8.24. The van der Waals surface area contributed by atoms with Gasteiger partial charge in [-0.05, 0) is 37.8 Å². The number of amides is 3. The minimum Gasteiger partial charge on any atom is -0.389 e. The Labute approximate surface area is 164 Å². The van der Waals surface area contributed by atoms with Crippen molar-refractivity contribution >= 4 is 23.4 Å². The summed E-state index contributed by atoms with van der Waals surface area (Å²) >= 11 is 0. The second kappa shape index (κ2) is 7.54. The van der Waals surface area contributed by atoms with Gasteiger partial charge in [-0.15, -0.1) is 0 Å². The molecule has 4 rings (SSSR count). The van der Waals surface area contributed by atoms with Gasteiger partial charge in [0.15, 0.2) is 0 Å². The molecule has 3 aliphatic rings. The number of piperidine rings is 1. The van der Waals surface area contributed by atoms with Crippen molar-refractivity contribution in [2.75, 3.05) is 18.4 Å². The number of carbonyl (C=O) groups is 3. The SMILES string of the molecule is O=C1N[C@@H](CCC(=O)N2CCC3(O)CCCCC3C2)C(=O)Nc2ccccc21. The van der Waals surface area contributed by atoms with Crippen molar-refractivity contribution in [1.82, 2.24) is 10.2 Å². The van der Waals surface area contributed by atoms with Crippen LogP contribution in [0.5, 0.6) is 0 Å². The average Bonchev–Trinajstić information content (AvgIpc) is 2.81. The molecule has 3 amide bonds. The molecule has 7 heteroatoms. The number of benzene rings is 1. The van der Waals surface area contributed by atoms with Gasteiger partial charge in [-0.2, -0.15) is 0 Å². The van der Waals surface area contributed by atoms with E-state index in [9.17, 15) is 19.5 Å².